The zero-order chi connectivity index (χ0) is 13.0. The van der Waals surface area contributed by atoms with Crippen LogP contribution in [0.3, 0.4) is 0 Å². The van der Waals surface area contributed by atoms with Gasteiger partial charge in [0.25, 0.3) is 0 Å². The molecule has 1 saturated heterocycles. The highest BCUT2D eigenvalue weighted by Gasteiger charge is 2.26. The van der Waals surface area contributed by atoms with E-state index >= 15 is 0 Å². The fourth-order valence-corrected chi connectivity index (χ4v) is 2.78. The van der Waals surface area contributed by atoms with Crippen molar-refractivity contribution < 1.29 is 0 Å². The summed E-state index contributed by atoms with van der Waals surface area (Å²) in [6.45, 7) is 10.0. The number of aromatic nitrogens is 1. The van der Waals surface area contributed by atoms with Gasteiger partial charge in [0.05, 0.1) is 0 Å². The number of hydrogen-bond acceptors (Lipinski definition) is 3. The van der Waals surface area contributed by atoms with Crippen molar-refractivity contribution in [3.05, 3.63) is 23.9 Å². The largest absolute Gasteiger partial charge is 0.370 e. The molecule has 3 nitrogen and oxygen atoms in total. The first kappa shape index (κ1) is 13.3. The van der Waals surface area contributed by atoms with Crippen LogP contribution in [-0.4, -0.2) is 29.5 Å². The molecule has 0 aromatic carbocycles. The molecule has 1 N–H and O–H groups in total. The highest BCUT2D eigenvalue weighted by atomic mass is 15.2. The zero-order valence-corrected chi connectivity index (χ0v) is 11.8. The van der Waals surface area contributed by atoms with E-state index in [0.717, 1.165) is 18.3 Å². The van der Waals surface area contributed by atoms with E-state index in [9.17, 15) is 0 Å². The van der Waals surface area contributed by atoms with Crippen molar-refractivity contribution in [3.63, 3.8) is 0 Å². The molecule has 100 valence electrons. The predicted octanol–water partition coefficient (Wildman–Crippen LogP) is 3.31. The third-order valence-corrected chi connectivity index (χ3v) is 3.49. The molecule has 0 saturated carbocycles. The van der Waals surface area contributed by atoms with Crippen LogP contribution >= 0.6 is 0 Å². The van der Waals surface area contributed by atoms with Gasteiger partial charge in [-0.25, -0.2) is 4.98 Å². The molecule has 18 heavy (non-hydrogen) atoms. The first-order valence-electron chi connectivity index (χ1n) is 7.14. The molecule has 2 heterocycles. The maximum atomic E-state index is 4.49. The van der Waals surface area contributed by atoms with E-state index in [1.54, 1.807) is 0 Å². The van der Waals surface area contributed by atoms with Gasteiger partial charge in [-0.15, -0.1) is 0 Å². The number of anilines is 1. The molecule has 0 spiro atoms. The van der Waals surface area contributed by atoms with Crippen LogP contribution in [-0.2, 0) is 0 Å². The molecular weight excluding hydrogens is 222 g/mol. The van der Waals surface area contributed by atoms with Crippen LogP contribution in [0, 0.1) is 5.92 Å². The lowest BCUT2D eigenvalue weighted by Gasteiger charge is -2.26. The normalized spacial score (nSPS) is 20.6. The van der Waals surface area contributed by atoms with E-state index in [2.05, 4.69) is 48.1 Å². The predicted molar refractivity (Wildman–Crippen MR) is 76.8 cm³/mol. The van der Waals surface area contributed by atoms with Gasteiger partial charge in [0.2, 0.25) is 0 Å². The summed E-state index contributed by atoms with van der Waals surface area (Å²) in [5.74, 6) is 1.72. The Balaban J connectivity index is 2.05. The number of nitrogens with one attached hydrogen (secondary N) is 1. The number of rotatable bonds is 5. The summed E-state index contributed by atoms with van der Waals surface area (Å²) >= 11 is 0. The summed E-state index contributed by atoms with van der Waals surface area (Å²) in [7, 11) is 0. The van der Waals surface area contributed by atoms with E-state index in [-0.39, 0.29) is 0 Å². The number of likely N-dealkylation sites (tertiary alicyclic amines) is 1. The molecule has 1 aromatic rings. The summed E-state index contributed by atoms with van der Waals surface area (Å²) in [4.78, 5) is 7.09. The molecule has 1 aliphatic rings. The molecule has 1 aromatic heterocycles. The van der Waals surface area contributed by atoms with Crippen LogP contribution in [0.2, 0.25) is 0 Å². The molecule has 1 unspecified atom stereocenters. The standard InChI is InChI=1S/C15H25N3/c1-4-16-15-8-7-13(10-17-15)14-6-5-9-18(14)11-12(2)3/h7-8,10,12,14H,4-6,9,11H2,1-3H3,(H,16,17). The molecule has 1 atom stereocenters. The molecule has 0 amide bonds. The minimum atomic E-state index is 0.579. The third kappa shape index (κ3) is 3.22. The third-order valence-electron chi connectivity index (χ3n) is 3.49. The van der Waals surface area contributed by atoms with E-state index in [1.165, 1.54) is 31.5 Å². The highest BCUT2D eigenvalue weighted by Crippen LogP contribution is 2.32. The number of pyridine rings is 1. The molecule has 3 heteroatoms. The van der Waals surface area contributed by atoms with Crippen molar-refractivity contribution in [2.45, 2.75) is 39.7 Å². The van der Waals surface area contributed by atoms with Crippen LogP contribution in [0.25, 0.3) is 0 Å². The summed E-state index contributed by atoms with van der Waals surface area (Å²) < 4.78 is 0. The molecular formula is C15H25N3. The fraction of sp³-hybridized carbons (Fsp3) is 0.667. The van der Waals surface area contributed by atoms with Gasteiger partial charge in [-0.1, -0.05) is 19.9 Å². The summed E-state index contributed by atoms with van der Waals surface area (Å²) in [6.07, 6.45) is 4.63. The van der Waals surface area contributed by atoms with E-state index in [0.29, 0.717) is 6.04 Å². The molecule has 1 aliphatic heterocycles. The lowest BCUT2D eigenvalue weighted by Crippen LogP contribution is -2.27. The van der Waals surface area contributed by atoms with Crippen LogP contribution < -0.4 is 5.32 Å². The Labute approximate surface area is 111 Å². The lowest BCUT2D eigenvalue weighted by molar-refractivity contribution is 0.228. The average molecular weight is 247 g/mol. The summed E-state index contributed by atoms with van der Waals surface area (Å²) in [5.41, 5.74) is 1.37. The summed E-state index contributed by atoms with van der Waals surface area (Å²) in [6, 6.07) is 4.91. The van der Waals surface area contributed by atoms with Crippen LogP contribution in [0.4, 0.5) is 5.82 Å². The van der Waals surface area contributed by atoms with E-state index in [1.807, 2.05) is 6.20 Å². The first-order chi connectivity index (χ1) is 8.70. The Bertz CT molecular complexity index is 359. The Morgan fingerprint density at radius 3 is 2.89 bits per heavy atom. The SMILES string of the molecule is CCNc1ccc(C2CCCN2CC(C)C)cn1. The van der Waals surface area contributed by atoms with Crippen molar-refractivity contribution >= 4 is 5.82 Å². The maximum Gasteiger partial charge on any atom is 0.125 e. The number of hydrogen-bond donors (Lipinski definition) is 1. The van der Waals surface area contributed by atoms with Crippen molar-refractivity contribution in [2.75, 3.05) is 25.0 Å². The van der Waals surface area contributed by atoms with Crippen molar-refractivity contribution in [1.29, 1.82) is 0 Å². The Morgan fingerprint density at radius 1 is 1.44 bits per heavy atom. The van der Waals surface area contributed by atoms with E-state index in [4.69, 9.17) is 0 Å². The van der Waals surface area contributed by atoms with Crippen molar-refractivity contribution in [3.8, 4) is 0 Å². The Morgan fingerprint density at radius 2 is 2.28 bits per heavy atom. The van der Waals surface area contributed by atoms with Crippen LogP contribution in [0.15, 0.2) is 18.3 Å². The Hall–Kier alpha value is -1.09. The second-order valence-electron chi connectivity index (χ2n) is 5.55. The molecule has 1 fully saturated rings. The number of nitrogens with zero attached hydrogens (tertiary/aromatic N) is 2. The van der Waals surface area contributed by atoms with Gasteiger partial charge < -0.3 is 5.32 Å². The molecule has 0 aliphatic carbocycles. The second-order valence-corrected chi connectivity index (χ2v) is 5.55. The topological polar surface area (TPSA) is 28.2 Å². The van der Waals surface area contributed by atoms with Crippen molar-refractivity contribution in [1.82, 2.24) is 9.88 Å². The smallest absolute Gasteiger partial charge is 0.125 e. The minimum Gasteiger partial charge on any atom is -0.370 e. The quantitative estimate of drug-likeness (QED) is 0.865. The molecule has 0 radical (unpaired) electrons. The second kappa shape index (κ2) is 6.19. The zero-order valence-electron chi connectivity index (χ0n) is 11.8. The van der Waals surface area contributed by atoms with Crippen molar-refractivity contribution in [2.24, 2.45) is 5.92 Å². The van der Waals surface area contributed by atoms with Gasteiger partial charge in [0, 0.05) is 25.3 Å². The van der Waals surface area contributed by atoms with Crippen LogP contribution in [0.5, 0.6) is 0 Å². The van der Waals surface area contributed by atoms with Gasteiger partial charge in [-0.05, 0) is 43.9 Å². The lowest BCUT2D eigenvalue weighted by atomic mass is 10.1. The maximum absolute atomic E-state index is 4.49. The average Bonchev–Trinajstić information content (AvgIpc) is 2.78. The highest BCUT2D eigenvalue weighted by molar-refractivity contribution is 5.36. The van der Waals surface area contributed by atoms with Gasteiger partial charge in [0.1, 0.15) is 5.82 Å². The monoisotopic (exact) mass is 247 g/mol. The van der Waals surface area contributed by atoms with Gasteiger partial charge in [-0.2, -0.15) is 0 Å². The molecule has 0 bridgehead atoms. The van der Waals surface area contributed by atoms with E-state index < -0.39 is 0 Å². The summed E-state index contributed by atoms with van der Waals surface area (Å²) in [5, 5.41) is 3.24. The van der Waals surface area contributed by atoms with Gasteiger partial charge >= 0.3 is 0 Å². The van der Waals surface area contributed by atoms with Crippen LogP contribution in [0.1, 0.15) is 45.2 Å². The first-order valence-corrected chi connectivity index (χ1v) is 7.14. The molecule has 2 rings (SSSR count). The van der Waals surface area contributed by atoms with Gasteiger partial charge in [0.15, 0.2) is 0 Å². The fourth-order valence-electron chi connectivity index (χ4n) is 2.78. The Kier molecular flexibility index (Phi) is 4.59. The van der Waals surface area contributed by atoms with Gasteiger partial charge in [-0.3, -0.25) is 4.90 Å². The minimum absolute atomic E-state index is 0.579.